The third-order valence-corrected chi connectivity index (χ3v) is 6.32. The van der Waals surface area contributed by atoms with Gasteiger partial charge in [-0.3, -0.25) is 0 Å². The number of hydrogen-bond donors (Lipinski definition) is 1. The minimum absolute atomic E-state index is 0.193. The summed E-state index contributed by atoms with van der Waals surface area (Å²) in [6.07, 6.45) is 4.50. The van der Waals surface area contributed by atoms with Crippen molar-refractivity contribution in [2.24, 2.45) is 0 Å². The number of aliphatic hydroxyl groups is 1. The second kappa shape index (κ2) is 4.83. The first-order valence-electron chi connectivity index (χ1n) is 7.23. The Labute approximate surface area is 120 Å². The highest BCUT2D eigenvalue weighted by Crippen LogP contribution is 2.32. The number of hydrogen-bond acceptors (Lipinski definition) is 3. The molecule has 5 heteroatoms. The maximum absolute atomic E-state index is 12.8. The molecule has 0 unspecified atom stereocenters. The Balaban J connectivity index is 2.00. The number of rotatable bonds is 2. The predicted molar refractivity (Wildman–Crippen MR) is 77.1 cm³/mol. The summed E-state index contributed by atoms with van der Waals surface area (Å²) in [6, 6.07) is 5.59. The maximum Gasteiger partial charge on any atom is 0.243 e. The molecule has 110 valence electrons. The summed E-state index contributed by atoms with van der Waals surface area (Å²) in [7, 11) is -3.48. The predicted octanol–water partition coefficient (Wildman–Crippen LogP) is 1.71. The van der Waals surface area contributed by atoms with Gasteiger partial charge in [-0.2, -0.15) is 4.31 Å². The largest absolute Gasteiger partial charge is 0.389 e. The van der Waals surface area contributed by atoms with Crippen LogP contribution in [0.4, 0.5) is 0 Å². The molecule has 0 spiro atoms. The molecule has 2 aliphatic rings. The Hall–Kier alpha value is -0.910. The third kappa shape index (κ3) is 2.38. The van der Waals surface area contributed by atoms with Gasteiger partial charge in [-0.1, -0.05) is 12.1 Å². The molecule has 0 aromatic heterocycles. The second-order valence-corrected chi connectivity index (χ2v) is 8.09. The molecule has 1 heterocycles. The molecule has 20 heavy (non-hydrogen) atoms. The summed E-state index contributed by atoms with van der Waals surface area (Å²) in [5.74, 6) is 0. The van der Waals surface area contributed by atoms with Crippen molar-refractivity contribution in [3.63, 3.8) is 0 Å². The fourth-order valence-electron chi connectivity index (χ4n) is 3.24. The van der Waals surface area contributed by atoms with Crippen LogP contribution in [0.5, 0.6) is 0 Å². The third-order valence-electron chi connectivity index (χ3n) is 4.39. The van der Waals surface area contributed by atoms with Gasteiger partial charge in [0.05, 0.1) is 10.5 Å². The monoisotopic (exact) mass is 295 g/mol. The molecule has 4 nitrogen and oxygen atoms in total. The quantitative estimate of drug-likeness (QED) is 0.903. The molecule has 0 bridgehead atoms. The Morgan fingerprint density at radius 3 is 2.70 bits per heavy atom. The number of aryl methyl sites for hydroxylation is 1. The summed E-state index contributed by atoms with van der Waals surface area (Å²) in [6.45, 7) is 2.29. The van der Waals surface area contributed by atoms with Crippen LogP contribution < -0.4 is 0 Å². The van der Waals surface area contributed by atoms with E-state index in [9.17, 15) is 13.5 Å². The van der Waals surface area contributed by atoms with E-state index < -0.39 is 15.6 Å². The molecule has 1 N–H and O–H groups in total. The lowest BCUT2D eigenvalue weighted by atomic mass is 9.92. The van der Waals surface area contributed by atoms with Crippen molar-refractivity contribution in [2.45, 2.75) is 49.5 Å². The van der Waals surface area contributed by atoms with E-state index in [0.717, 1.165) is 31.2 Å². The first-order valence-corrected chi connectivity index (χ1v) is 8.67. The second-order valence-electron chi connectivity index (χ2n) is 6.19. The number of nitrogens with zero attached hydrogens (tertiary/aromatic N) is 1. The Kier molecular flexibility index (Phi) is 3.39. The van der Waals surface area contributed by atoms with Crippen molar-refractivity contribution in [3.05, 3.63) is 29.3 Å². The van der Waals surface area contributed by atoms with Crippen LogP contribution in [0.15, 0.2) is 23.1 Å². The number of sulfonamides is 1. The van der Waals surface area contributed by atoms with E-state index in [0.29, 0.717) is 17.9 Å². The molecule has 1 saturated heterocycles. The molecule has 0 saturated carbocycles. The van der Waals surface area contributed by atoms with Crippen molar-refractivity contribution in [1.82, 2.24) is 4.31 Å². The molecule has 0 amide bonds. The van der Waals surface area contributed by atoms with E-state index in [4.69, 9.17) is 0 Å². The van der Waals surface area contributed by atoms with Crippen LogP contribution in [-0.2, 0) is 22.9 Å². The Morgan fingerprint density at radius 2 is 2.00 bits per heavy atom. The molecular weight excluding hydrogens is 274 g/mol. The Bertz CT molecular complexity index is 622. The highest BCUT2D eigenvalue weighted by Gasteiger charge is 2.39. The van der Waals surface area contributed by atoms with Crippen LogP contribution in [0.3, 0.4) is 0 Å². The van der Waals surface area contributed by atoms with Gasteiger partial charge >= 0.3 is 0 Å². The van der Waals surface area contributed by atoms with Crippen molar-refractivity contribution < 1.29 is 13.5 Å². The standard InChI is InChI=1S/C15H21NO3S/c1-15(17)9-10-16(11-15)20(18,19)14-8-4-6-12-5-2-3-7-13(12)14/h4,6,8,17H,2-3,5,7,9-11H2,1H3/t15-/m0/s1. The van der Waals surface area contributed by atoms with Crippen molar-refractivity contribution >= 4 is 10.0 Å². The van der Waals surface area contributed by atoms with E-state index in [-0.39, 0.29) is 6.54 Å². The van der Waals surface area contributed by atoms with E-state index in [1.165, 1.54) is 9.87 Å². The fraction of sp³-hybridized carbons (Fsp3) is 0.600. The van der Waals surface area contributed by atoms with E-state index in [1.807, 2.05) is 12.1 Å². The highest BCUT2D eigenvalue weighted by atomic mass is 32.2. The van der Waals surface area contributed by atoms with Crippen LogP contribution in [0.2, 0.25) is 0 Å². The molecule has 1 fully saturated rings. The molecule has 1 atom stereocenters. The summed E-state index contributed by atoms with van der Waals surface area (Å²) in [5.41, 5.74) is 1.26. The SMILES string of the molecule is C[C@]1(O)CCN(S(=O)(=O)c2cccc3c2CCCC3)C1. The van der Waals surface area contributed by atoms with Gasteiger partial charge in [0.15, 0.2) is 0 Å². The summed E-state index contributed by atoms with van der Waals surface area (Å²) >= 11 is 0. The lowest BCUT2D eigenvalue weighted by molar-refractivity contribution is 0.0762. The average molecular weight is 295 g/mol. The molecule has 0 radical (unpaired) electrons. The van der Waals surface area contributed by atoms with Crippen LogP contribution in [-0.4, -0.2) is 36.5 Å². The highest BCUT2D eigenvalue weighted by molar-refractivity contribution is 7.89. The summed E-state index contributed by atoms with van der Waals surface area (Å²) in [5, 5.41) is 10.0. The summed E-state index contributed by atoms with van der Waals surface area (Å²) in [4.78, 5) is 0.451. The van der Waals surface area contributed by atoms with Crippen molar-refractivity contribution in [2.75, 3.05) is 13.1 Å². The van der Waals surface area contributed by atoms with Crippen LogP contribution in [0.25, 0.3) is 0 Å². The van der Waals surface area contributed by atoms with Gasteiger partial charge in [0.1, 0.15) is 0 Å². The van der Waals surface area contributed by atoms with Gasteiger partial charge in [-0.15, -0.1) is 0 Å². The minimum Gasteiger partial charge on any atom is -0.389 e. The zero-order chi connectivity index (χ0) is 14.4. The molecule has 3 rings (SSSR count). The average Bonchev–Trinajstić information content (AvgIpc) is 2.79. The topological polar surface area (TPSA) is 57.6 Å². The molecule has 1 aromatic carbocycles. The zero-order valence-electron chi connectivity index (χ0n) is 11.8. The molecule has 1 aliphatic carbocycles. The van der Waals surface area contributed by atoms with Crippen molar-refractivity contribution in [3.8, 4) is 0 Å². The van der Waals surface area contributed by atoms with Gasteiger partial charge < -0.3 is 5.11 Å². The zero-order valence-corrected chi connectivity index (χ0v) is 12.6. The lowest BCUT2D eigenvalue weighted by Crippen LogP contribution is -2.34. The normalized spacial score (nSPS) is 27.5. The van der Waals surface area contributed by atoms with E-state index >= 15 is 0 Å². The van der Waals surface area contributed by atoms with Gasteiger partial charge in [-0.05, 0) is 56.2 Å². The van der Waals surface area contributed by atoms with Crippen LogP contribution in [0.1, 0.15) is 37.3 Å². The van der Waals surface area contributed by atoms with Gasteiger partial charge in [-0.25, -0.2) is 8.42 Å². The first-order chi connectivity index (χ1) is 9.40. The van der Waals surface area contributed by atoms with Crippen LogP contribution in [0, 0.1) is 0 Å². The van der Waals surface area contributed by atoms with Crippen molar-refractivity contribution in [1.29, 1.82) is 0 Å². The number of β-amino-alcohol motifs (C(OH)–C–C–N with tert-alkyl or cyclic N) is 1. The van der Waals surface area contributed by atoms with Gasteiger partial charge in [0.2, 0.25) is 10.0 Å². The number of benzene rings is 1. The molecule has 1 aliphatic heterocycles. The van der Waals surface area contributed by atoms with E-state index in [2.05, 4.69) is 0 Å². The van der Waals surface area contributed by atoms with Crippen LogP contribution >= 0.6 is 0 Å². The fourth-order valence-corrected chi connectivity index (χ4v) is 5.09. The smallest absolute Gasteiger partial charge is 0.243 e. The first kappa shape index (κ1) is 14.0. The molecule has 1 aromatic rings. The maximum atomic E-state index is 12.8. The number of fused-ring (bicyclic) bond motifs is 1. The summed E-state index contributed by atoms with van der Waals surface area (Å²) < 4.78 is 27.0. The van der Waals surface area contributed by atoms with E-state index in [1.54, 1.807) is 13.0 Å². The molecular formula is C15H21NO3S. The Morgan fingerprint density at radius 1 is 1.25 bits per heavy atom. The van der Waals surface area contributed by atoms with Gasteiger partial charge in [0.25, 0.3) is 0 Å². The van der Waals surface area contributed by atoms with Gasteiger partial charge in [0, 0.05) is 13.1 Å². The lowest BCUT2D eigenvalue weighted by Gasteiger charge is -2.23. The minimum atomic E-state index is -3.48.